The lowest BCUT2D eigenvalue weighted by Crippen LogP contribution is -2.45. The van der Waals surface area contributed by atoms with Gasteiger partial charge < -0.3 is 14.9 Å². The van der Waals surface area contributed by atoms with Crippen molar-refractivity contribution in [3.63, 3.8) is 0 Å². The molecule has 0 saturated carbocycles. The maximum Gasteiger partial charge on any atom is 0.127 e. The van der Waals surface area contributed by atoms with Gasteiger partial charge >= 0.3 is 0 Å². The van der Waals surface area contributed by atoms with Crippen molar-refractivity contribution in [3.05, 3.63) is 41.0 Å². The lowest BCUT2D eigenvalue weighted by atomic mass is 9.67. The zero-order valence-electron chi connectivity index (χ0n) is 16.7. The van der Waals surface area contributed by atoms with Gasteiger partial charge in [-0.2, -0.15) is 0 Å². The van der Waals surface area contributed by atoms with Crippen molar-refractivity contribution in [1.29, 1.82) is 0 Å². The highest BCUT2D eigenvalue weighted by Gasteiger charge is 2.45. The number of aliphatic hydroxyl groups is 1. The third kappa shape index (κ3) is 3.42. The van der Waals surface area contributed by atoms with Gasteiger partial charge in [0.15, 0.2) is 0 Å². The Bertz CT molecular complexity index is 738. The average molecular weight is 357 g/mol. The molecule has 2 aliphatic rings. The second-order valence-electron chi connectivity index (χ2n) is 8.50. The van der Waals surface area contributed by atoms with E-state index in [4.69, 9.17) is 4.74 Å². The van der Waals surface area contributed by atoms with Crippen molar-refractivity contribution in [3.8, 4) is 11.5 Å². The predicted molar refractivity (Wildman–Crippen MR) is 107 cm³/mol. The number of phenolic OH excluding ortho intramolecular Hbond substituents is 1. The third-order valence-electron chi connectivity index (χ3n) is 6.34. The largest absolute Gasteiger partial charge is 0.507 e. The van der Waals surface area contributed by atoms with Crippen molar-refractivity contribution >= 4 is 6.08 Å². The minimum absolute atomic E-state index is 0.267. The van der Waals surface area contributed by atoms with Gasteiger partial charge in [-0.1, -0.05) is 37.6 Å². The molecule has 142 valence electrons. The molecule has 0 aromatic heterocycles. The summed E-state index contributed by atoms with van der Waals surface area (Å²) < 4.78 is 6.34. The van der Waals surface area contributed by atoms with Gasteiger partial charge in [-0.3, -0.25) is 0 Å². The zero-order chi connectivity index (χ0) is 19.1. The minimum atomic E-state index is -0.804. The van der Waals surface area contributed by atoms with E-state index in [1.807, 2.05) is 32.1 Å². The van der Waals surface area contributed by atoms with Crippen LogP contribution in [0.5, 0.6) is 11.5 Å². The van der Waals surface area contributed by atoms with Crippen LogP contribution >= 0.6 is 0 Å². The molecule has 1 aliphatic carbocycles. The Morgan fingerprint density at radius 1 is 1.27 bits per heavy atom. The lowest BCUT2D eigenvalue weighted by Gasteiger charge is -2.47. The molecule has 3 heteroatoms. The highest BCUT2D eigenvalue weighted by Crippen LogP contribution is 2.54. The van der Waals surface area contributed by atoms with E-state index in [9.17, 15) is 10.2 Å². The number of phenols is 1. The summed E-state index contributed by atoms with van der Waals surface area (Å²) in [4.78, 5) is 0. The molecule has 2 unspecified atom stereocenters. The zero-order valence-corrected chi connectivity index (χ0v) is 16.7. The first kappa shape index (κ1) is 19.0. The summed E-state index contributed by atoms with van der Waals surface area (Å²) in [5.74, 6) is 1.75. The van der Waals surface area contributed by atoms with Crippen LogP contribution < -0.4 is 4.74 Å². The fraction of sp³-hybridized carbons (Fsp3) is 0.565. The highest BCUT2D eigenvalue weighted by atomic mass is 16.5. The summed E-state index contributed by atoms with van der Waals surface area (Å²) in [6.45, 7) is 10.4. The Morgan fingerprint density at radius 2 is 1.96 bits per heavy atom. The first-order valence-corrected chi connectivity index (χ1v) is 9.82. The first-order chi connectivity index (χ1) is 12.2. The van der Waals surface area contributed by atoms with Gasteiger partial charge in [0.05, 0.1) is 5.60 Å². The maximum atomic E-state index is 10.8. The van der Waals surface area contributed by atoms with Gasteiger partial charge in [-0.05, 0) is 64.2 Å². The number of aromatic hydroxyl groups is 1. The van der Waals surface area contributed by atoms with E-state index in [0.717, 1.165) is 29.7 Å². The summed E-state index contributed by atoms with van der Waals surface area (Å²) in [6.07, 6.45) is 9.32. The van der Waals surface area contributed by atoms with E-state index in [0.29, 0.717) is 30.4 Å². The molecular weight excluding hydrogens is 324 g/mol. The molecule has 2 N–H and O–H groups in total. The number of rotatable bonds is 4. The smallest absolute Gasteiger partial charge is 0.127 e. The Labute approximate surface area is 157 Å². The molecule has 0 fully saturated rings. The molecule has 0 spiro atoms. The number of hydrogen-bond acceptors (Lipinski definition) is 3. The van der Waals surface area contributed by atoms with Gasteiger partial charge in [-0.25, -0.2) is 0 Å². The summed E-state index contributed by atoms with van der Waals surface area (Å²) >= 11 is 0. The average Bonchev–Trinajstić information content (AvgIpc) is 2.58. The van der Waals surface area contributed by atoms with Gasteiger partial charge in [0.1, 0.15) is 17.1 Å². The van der Waals surface area contributed by atoms with Crippen LogP contribution in [0.2, 0.25) is 0 Å². The van der Waals surface area contributed by atoms with Crippen LogP contribution in [0, 0.1) is 5.92 Å². The van der Waals surface area contributed by atoms with Crippen molar-refractivity contribution in [1.82, 2.24) is 0 Å². The van der Waals surface area contributed by atoms with E-state index in [2.05, 4.69) is 26.8 Å². The SMILES string of the molecule is CCC(O)(C=Cc1cc(O)c2c(c1)OC(C)(C)C1CC=C(C)CC21)CC. The Balaban J connectivity index is 2.01. The van der Waals surface area contributed by atoms with Crippen LogP contribution in [-0.4, -0.2) is 21.4 Å². The topological polar surface area (TPSA) is 49.7 Å². The quantitative estimate of drug-likeness (QED) is 0.694. The lowest BCUT2D eigenvalue weighted by molar-refractivity contribution is 0.00759. The summed E-state index contributed by atoms with van der Waals surface area (Å²) in [5.41, 5.74) is 2.12. The Morgan fingerprint density at radius 3 is 2.62 bits per heavy atom. The summed E-state index contributed by atoms with van der Waals surface area (Å²) in [5, 5.41) is 21.3. The number of allylic oxidation sites excluding steroid dienone is 2. The van der Waals surface area contributed by atoms with E-state index in [-0.39, 0.29) is 5.60 Å². The second kappa shape index (κ2) is 6.77. The first-order valence-electron chi connectivity index (χ1n) is 9.82. The van der Waals surface area contributed by atoms with Crippen LogP contribution in [0.1, 0.15) is 77.3 Å². The molecule has 3 rings (SSSR count). The second-order valence-corrected chi connectivity index (χ2v) is 8.50. The van der Waals surface area contributed by atoms with Gasteiger partial charge in [-0.15, -0.1) is 0 Å². The molecule has 1 heterocycles. The minimum Gasteiger partial charge on any atom is -0.507 e. The van der Waals surface area contributed by atoms with Crippen LogP contribution in [-0.2, 0) is 0 Å². The molecule has 3 nitrogen and oxygen atoms in total. The molecule has 0 radical (unpaired) electrons. The van der Waals surface area contributed by atoms with Crippen molar-refractivity contribution in [2.75, 3.05) is 0 Å². The molecule has 1 aromatic carbocycles. The molecule has 2 atom stereocenters. The van der Waals surface area contributed by atoms with E-state index >= 15 is 0 Å². The molecule has 26 heavy (non-hydrogen) atoms. The number of fused-ring (bicyclic) bond motifs is 3. The third-order valence-corrected chi connectivity index (χ3v) is 6.34. The van der Waals surface area contributed by atoms with Crippen LogP contribution in [0.3, 0.4) is 0 Å². The molecular formula is C23H32O3. The molecule has 0 bridgehead atoms. The Kier molecular flexibility index (Phi) is 4.96. The van der Waals surface area contributed by atoms with E-state index in [1.165, 1.54) is 5.57 Å². The Hall–Kier alpha value is -1.74. The maximum absolute atomic E-state index is 10.8. The fourth-order valence-electron chi connectivity index (χ4n) is 4.42. The number of hydrogen-bond donors (Lipinski definition) is 2. The monoisotopic (exact) mass is 356 g/mol. The molecule has 1 aromatic rings. The van der Waals surface area contributed by atoms with Crippen molar-refractivity contribution in [2.45, 2.75) is 77.4 Å². The van der Waals surface area contributed by atoms with Gasteiger partial charge in [0, 0.05) is 17.4 Å². The summed E-state index contributed by atoms with van der Waals surface area (Å²) in [6, 6.07) is 3.80. The van der Waals surface area contributed by atoms with Crippen molar-refractivity contribution < 1.29 is 14.9 Å². The van der Waals surface area contributed by atoms with Gasteiger partial charge in [0.2, 0.25) is 0 Å². The predicted octanol–water partition coefficient (Wildman–Crippen LogP) is 5.57. The normalized spacial score (nSPS) is 24.6. The fourth-order valence-corrected chi connectivity index (χ4v) is 4.42. The standard InChI is InChI=1S/C23H32O3/c1-6-23(25,7-2)11-10-16-13-19(24)21-17-12-15(3)8-9-18(17)22(4,5)26-20(21)14-16/h8,10-11,13-14,17-18,24-25H,6-7,9,12H2,1-5H3. The number of benzene rings is 1. The van der Waals surface area contributed by atoms with Crippen LogP contribution in [0.4, 0.5) is 0 Å². The van der Waals surface area contributed by atoms with E-state index < -0.39 is 5.60 Å². The van der Waals surface area contributed by atoms with Gasteiger partial charge in [0.25, 0.3) is 0 Å². The van der Waals surface area contributed by atoms with Crippen LogP contribution in [0.25, 0.3) is 6.08 Å². The molecule has 0 saturated heterocycles. The molecule has 0 amide bonds. The van der Waals surface area contributed by atoms with E-state index in [1.54, 1.807) is 6.07 Å². The number of ether oxygens (including phenoxy) is 1. The van der Waals surface area contributed by atoms with Crippen LogP contribution in [0.15, 0.2) is 29.9 Å². The molecule has 1 aliphatic heterocycles. The highest BCUT2D eigenvalue weighted by molar-refractivity contribution is 5.61. The van der Waals surface area contributed by atoms with Crippen molar-refractivity contribution in [2.24, 2.45) is 5.92 Å². The summed E-state index contributed by atoms with van der Waals surface area (Å²) in [7, 11) is 0.